The van der Waals surface area contributed by atoms with E-state index in [-0.39, 0.29) is 9.96 Å². The third-order valence-corrected chi connectivity index (χ3v) is 7.45. The van der Waals surface area contributed by atoms with Gasteiger partial charge in [0.05, 0.1) is 6.21 Å². The van der Waals surface area contributed by atoms with Crippen LogP contribution in [0.4, 0.5) is 11.4 Å². The summed E-state index contributed by atoms with van der Waals surface area (Å²) in [5.41, 5.74) is 4.43. The maximum absolute atomic E-state index is 12.3. The van der Waals surface area contributed by atoms with Crippen LogP contribution in [0.3, 0.4) is 0 Å². The fourth-order valence-corrected chi connectivity index (χ4v) is 5.01. The van der Waals surface area contributed by atoms with Crippen molar-refractivity contribution in [1.29, 1.82) is 0 Å². The van der Waals surface area contributed by atoms with Gasteiger partial charge >= 0.3 is 0 Å². The Hall–Kier alpha value is -3.37. The van der Waals surface area contributed by atoms with Gasteiger partial charge in [0.25, 0.3) is 15.9 Å². The van der Waals surface area contributed by atoms with Gasteiger partial charge in [0.2, 0.25) is 0 Å². The second-order valence-corrected chi connectivity index (χ2v) is 9.59. The molecule has 2 aromatic carbocycles. The number of sulfonamides is 1. The van der Waals surface area contributed by atoms with Gasteiger partial charge in [0, 0.05) is 41.7 Å². The van der Waals surface area contributed by atoms with E-state index < -0.39 is 15.9 Å². The van der Waals surface area contributed by atoms with E-state index in [2.05, 4.69) is 20.1 Å². The average molecular weight is 473 g/mol. The van der Waals surface area contributed by atoms with Crippen LogP contribution in [-0.4, -0.2) is 38.7 Å². The van der Waals surface area contributed by atoms with Gasteiger partial charge in [0.15, 0.2) is 0 Å². The van der Waals surface area contributed by atoms with Crippen molar-refractivity contribution in [1.82, 2.24) is 5.43 Å². The number of rotatable bonds is 9. The van der Waals surface area contributed by atoms with Crippen LogP contribution in [0, 0.1) is 0 Å². The first-order valence-electron chi connectivity index (χ1n) is 9.91. The molecule has 1 heterocycles. The zero-order valence-corrected chi connectivity index (χ0v) is 19.3. The number of carbonyl (C=O) groups excluding carboxylic acids is 1. The van der Waals surface area contributed by atoms with Gasteiger partial charge in [-0.05, 0) is 61.7 Å². The molecule has 0 aliphatic heterocycles. The molecule has 0 atom stereocenters. The smallest absolute Gasteiger partial charge is 0.271 e. The number of aromatic hydroxyl groups is 1. The highest BCUT2D eigenvalue weighted by Gasteiger charge is 2.15. The largest absolute Gasteiger partial charge is 0.507 e. The van der Waals surface area contributed by atoms with Crippen LogP contribution in [0.1, 0.15) is 29.8 Å². The molecule has 0 fully saturated rings. The lowest BCUT2D eigenvalue weighted by atomic mass is 10.2. The Morgan fingerprint density at radius 1 is 1.12 bits per heavy atom. The number of phenolic OH excluding ortho intramolecular Hbond substituents is 1. The zero-order valence-electron chi connectivity index (χ0n) is 17.6. The number of amides is 1. The molecule has 8 nitrogen and oxygen atoms in total. The quantitative estimate of drug-likeness (QED) is 0.323. The Bertz CT molecular complexity index is 1190. The second-order valence-electron chi connectivity index (χ2n) is 6.73. The van der Waals surface area contributed by atoms with E-state index in [0.717, 1.165) is 30.1 Å². The molecule has 1 amide bonds. The summed E-state index contributed by atoms with van der Waals surface area (Å²) in [5, 5.41) is 15.8. The Morgan fingerprint density at radius 3 is 2.44 bits per heavy atom. The van der Waals surface area contributed by atoms with E-state index >= 15 is 0 Å². The molecule has 3 N–H and O–H groups in total. The maximum atomic E-state index is 12.3. The summed E-state index contributed by atoms with van der Waals surface area (Å²) in [6.45, 7) is 5.73. The van der Waals surface area contributed by atoms with Crippen molar-refractivity contribution < 1.29 is 18.3 Å². The summed E-state index contributed by atoms with van der Waals surface area (Å²) < 4.78 is 27.2. The Labute approximate surface area is 191 Å². The maximum Gasteiger partial charge on any atom is 0.271 e. The molecule has 0 saturated carbocycles. The van der Waals surface area contributed by atoms with E-state index in [1.165, 1.54) is 36.5 Å². The Balaban J connectivity index is 1.61. The Morgan fingerprint density at radius 2 is 1.84 bits per heavy atom. The standard InChI is InChI=1S/C22H24N4O4S2/c1-3-26(4-2)19-12-9-17(20(27)14-19)15-23-24-22(28)16-7-10-18(11-8-16)25-32(29,30)21-6-5-13-31-21/h5-15,25,27H,3-4H2,1-2H3,(H,24,28). The molecule has 0 unspecified atom stereocenters. The molecule has 0 aliphatic rings. The number of nitrogens with zero attached hydrogens (tertiary/aromatic N) is 2. The minimum Gasteiger partial charge on any atom is -0.507 e. The number of thiophene rings is 1. The predicted octanol–water partition coefficient (Wildman–Crippen LogP) is 3.86. The van der Waals surface area contributed by atoms with Crippen molar-refractivity contribution >= 4 is 44.9 Å². The molecular weight excluding hydrogens is 448 g/mol. The molecular formula is C22H24N4O4S2. The molecule has 32 heavy (non-hydrogen) atoms. The van der Waals surface area contributed by atoms with Gasteiger partial charge in [0.1, 0.15) is 9.96 Å². The van der Waals surface area contributed by atoms with Crippen LogP contribution in [0.5, 0.6) is 5.75 Å². The number of carbonyl (C=O) groups is 1. The van der Waals surface area contributed by atoms with Crippen LogP contribution in [0.15, 0.2) is 69.3 Å². The topological polar surface area (TPSA) is 111 Å². The average Bonchev–Trinajstić information content (AvgIpc) is 3.32. The SMILES string of the molecule is CCN(CC)c1ccc(C=NNC(=O)c2ccc(NS(=O)(=O)c3cccs3)cc2)c(O)c1. The number of nitrogens with one attached hydrogen (secondary N) is 2. The van der Waals surface area contributed by atoms with E-state index in [1.807, 2.05) is 19.9 Å². The van der Waals surface area contributed by atoms with Crippen LogP contribution in [-0.2, 0) is 10.0 Å². The number of anilines is 2. The van der Waals surface area contributed by atoms with Crippen molar-refractivity contribution in [3.63, 3.8) is 0 Å². The van der Waals surface area contributed by atoms with Gasteiger partial charge in [-0.2, -0.15) is 5.10 Å². The number of hydrogen-bond donors (Lipinski definition) is 3. The van der Waals surface area contributed by atoms with Gasteiger partial charge in [-0.1, -0.05) is 6.07 Å². The molecule has 0 saturated heterocycles. The molecule has 0 aliphatic carbocycles. The first kappa shape index (κ1) is 23.3. The minimum atomic E-state index is -3.65. The van der Waals surface area contributed by atoms with E-state index in [1.54, 1.807) is 23.6 Å². The minimum absolute atomic E-state index is 0.0646. The van der Waals surface area contributed by atoms with E-state index in [0.29, 0.717) is 16.8 Å². The van der Waals surface area contributed by atoms with Gasteiger partial charge in [-0.3, -0.25) is 9.52 Å². The normalized spacial score (nSPS) is 11.4. The van der Waals surface area contributed by atoms with Crippen LogP contribution in [0.25, 0.3) is 0 Å². The fourth-order valence-electron chi connectivity index (χ4n) is 2.96. The number of phenols is 1. The summed E-state index contributed by atoms with van der Waals surface area (Å²) >= 11 is 1.12. The summed E-state index contributed by atoms with van der Waals surface area (Å²) in [6, 6.07) is 14.4. The van der Waals surface area contributed by atoms with Crippen molar-refractivity contribution in [2.24, 2.45) is 5.10 Å². The van der Waals surface area contributed by atoms with Crippen LogP contribution < -0.4 is 15.0 Å². The molecule has 0 radical (unpaired) electrons. The molecule has 3 rings (SSSR count). The Kier molecular flexibility index (Phi) is 7.49. The van der Waals surface area contributed by atoms with Crippen molar-refractivity contribution in [2.45, 2.75) is 18.1 Å². The molecule has 1 aromatic heterocycles. The van der Waals surface area contributed by atoms with Crippen LogP contribution >= 0.6 is 11.3 Å². The summed E-state index contributed by atoms with van der Waals surface area (Å²) in [5.74, 6) is -0.400. The summed E-state index contributed by atoms with van der Waals surface area (Å²) in [7, 11) is -3.65. The first-order chi connectivity index (χ1) is 15.3. The monoisotopic (exact) mass is 472 g/mol. The zero-order chi connectivity index (χ0) is 23.1. The molecule has 0 spiro atoms. The highest BCUT2D eigenvalue weighted by Crippen LogP contribution is 2.24. The van der Waals surface area contributed by atoms with Crippen molar-refractivity contribution in [3.05, 3.63) is 71.1 Å². The second kappa shape index (κ2) is 10.3. The fraction of sp³-hybridized carbons (Fsp3) is 0.182. The molecule has 3 aromatic rings. The van der Waals surface area contributed by atoms with Gasteiger partial charge in [-0.25, -0.2) is 13.8 Å². The number of hydrazone groups is 1. The van der Waals surface area contributed by atoms with Crippen molar-refractivity contribution in [3.8, 4) is 5.75 Å². The lowest BCUT2D eigenvalue weighted by molar-refractivity contribution is 0.0955. The van der Waals surface area contributed by atoms with Gasteiger partial charge < -0.3 is 10.0 Å². The number of hydrogen-bond acceptors (Lipinski definition) is 7. The van der Waals surface area contributed by atoms with E-state index in [9.17, 15) is 18.3 Å². The van der Waals surface area contributed by atoms with Crippen LogP contribution in [0.2, 0.25) is 0 Å². The lowest BCUT2D eigenvalue weighted by Gasteiger charge is -2.21. The lowest BCUT2D eigenvalue weighted by Crippen LogP contribution is -2.21. The summed E-state index contributed by atoms with van der Waals surface area (Å²) in [4.78, 5) is 14.4. The predicted molar refractivity (Wildman–Crippen MR) is 128 cm³/mol. The van der Waals surface area contributed by atoms with Gasteiger partial charge in [-0.15, -0.1) is 11.3 Å². The molecule has 10 heteroatoms. The number of benzene rings is 2. The molecule has 0 bridgehead atoms. The highest BCUT2D eigenvalue weighted by molar-refractivity contribution is 7.94. The first-order valence-corrected chi connectivity index (χ1v) is 12.3. The van der Waals surface area contributed by atoms with E-state index in [4.69, 9.17) is 0 Å². The molecule has 168 valence electrons. The third kappa shape index (κ3) is 5.65. The highest BCUT2D eigenvalue weighted by atomic mass is 32.2. The third-order valence-electron chi connectivity index (χ3n) is 4.67. The summed E-state index contributed by atoms with van der Waals surface area (Å²) in [6.07, 6.45) is 1.36. The van der Waals surface area contributed by atoms with Crippen molar-refractivity contribution in [2.75, 3.05) is 22.7 Å².